The van der Waals surface area contributed by atoms with Crippen LogP contribution in [0.3, 0.4) is 0 Å². The molecule has 0 radical (unpaired) electrons. The quantitative estimate of drug-likeness (QED) is 0.857. The van der Waals surface area contributed by atoms with E-state index in [4.69, 9.17) is 4.74 Å². The highest BCUT2D eigenvalue weighted by Gasteiger charge is 2.41. The summed E-state index contributed by atoms with van der Waals surface area (Å²) in [5, 5.41) is 9.34. The van der Waals surface area contributed by atoms with Gasteiger partial charge in [-0.1, -0.05) is 12.1 Å². The van der Waals surface area contributed by atoms with E-state index < -0.39 is 23.7 Å². The fourth-order valence-corrected chi connectivity index (χ4v) is 2.37. The van der Waals surface area contributed by atoms with Crippen LogP contribution in [0.25, 0.3) is 0 Å². The number of aryl methyl sites for hydroxylation is 1. The molecule has 1 aromatic carbocycles. The van der Waals surface area contributed by atoms with Crippen LogP contribution < -0.4 is 4.90 Å². The first-order chi connectivity index (χ1) is 9.20. The van der Waals surface area contributed by atoms with Crippen LogP contribution in [0.15, 0.2) is 18.2 Å². The number of ether oxygens (including phenoxy) is 1. The van der Waals surface area contributed by atoms with Crippen molar-refractivity contribution >= 4 is 17.7 Å². The van der Waals surface area contributed by atoms with Crippen LogP contribution in [0.5, 0.6) is 0 Å². The molecule has 1 N–H and O–H groups in total. The fraction of sp³-hybridized carbons (Fsp3) is 0.467. The molecule has 20 heavy (non-hydrogen) atoms. The van der Waals surface area contributed by atoms with Gasteiger partial charge in [-0.3, -0.25) is 4.90 Å². The van der Waals surface area contributed by atoms with Crippen molar-refractivity contribution in [2.45, 2.75) is 45.8 Å². The Morgan fingerprint density at radius 3 is 2.55 bits per heavy atom. The summed E-state index contributed by atoms with van der Waals surface area (Å²) < 4.78 is 5.32. The van der Waals surface area contributed by atoms with Crippen LogP contribution >= 0.6 is 0 Å². The van der Waals surface area contributed by atoms with Crippen molar-refractivity contribution in [2.24, 2.45) is 0 Å². The predicted molar refractivity (Wildman–Crippen MR) is 75.0 cm³/mol. The molecular weight excluding hydrogens is 258 g/mol. The number of aliphatic carboxylic acids is 1. The summed E-state index contributed by atoms with van der Waals surface area (Å²) >= 11 is 0. The van der Waals surface area contributed by atoms with Gasteiger partial charge in [0.15, 0.2) is 0 Å². The van der Waals surface area contributed by atoms with E-state index in [2.05, 4.69) is 0 Å². The van der Waals surface area contributed by atoms with Crippen LogP contribution in [-0.4, -0.2) is 28.8 Å². The second kappa shape index (κ2) is 4.81. The summed E-state index contributed by atoms with van der Waals surface area (Å²) in [5.41, 5.74) is 1.85. The number of carbonyl (C=O) groups is 2. The molecule has 108 valence electrons. The monoisotopic (exact) mass is 277 g/mol. The first kappa shape index (κ1) is 14.4. The minimum absolute atomic E-state index is 0.316. The topological polar surface area (TPSA) is 66.8 Å². The highest BCUT2D eigenvalue weighted by molar-refractivity contribution is 5.98. The van der Waals surface area contributed by atoms with Gasteiger partial charge in [0.2, 0.25) is 0 Å². The van der Waals surface area contributed by atoms with E-state index in [9.17, 15) is 14.7 Å². The lowest BCUT2D eigenvalue weighted by atomic mass is 10.0. The zero-order valence-electron chi connectivity index (χ0n) is 12.1. The Bertz CT molecular complexity index is 559. The normalized spacial score (nSPS) is 17.8. The van der Waals surface area contributed by atoms with E-state index >= 15 is 0 Å². The number of nitrogens with zero attached hydrogens (tertiary/aromatic N) is 1. The molecule has 5 heteroatoms. The van der Waals surface area contributed by atoms with Crippen molar-refractivity contribution in [3.05, 3.63) is 29.3 Å². The minimum Gasteiger partial charge on any atom is -0.480 e. The highest BCUT2D eigenvalue weighted by atomic mass is 16.6. The van der Waals surface area contributed by atoms with Crippen molar-refractivity contribution in [1.29, 1.82) is 0 Å². The average molecular weight is 277 g/mol. The summed E-state index contributed by atoms with van der Waals surface area (Å²) in [7, 11) is 0. The number of hydrogen-bond acceptors (Lipinski definition) is 3. The van der Waals surface area contributed by atoms with Gasteiger partial charge >= 0.3 is 12.1 Å². The minimum atomic E-state index is -1.02. The molecule has 1 atom stereocenters. The lowest BCUT2D eigenvalue weighted by Crippen LogP contribution is -2.45. The number of benzene rings is 1. The van der Waals surface area contributed by atoms with Crippen LogP contribution in [0.2, 0.25) is 0 Å². The van der Waals surface area contributed by atoms with E-state index in [1.165, 1.54) is 4.90 Å². The maximum Gasteiger partial charge on any atom is 0.415 e. The van der Waals surface area contributed by atoms with E-state index in [0.717, 1.165) is 11.1 Å². The first-order valence-corrected chi connectivity index (χ1v) is 6.54. The molecule has 0 unspecified atom stereocenters. The average Bonchev–Trinajstić information content (AvgIpc) is 2.67. The predicted octanol–water partition coefficient (Wildman–Crippen LogP) is 2.75. The Labute approximate surface area is 118 Å². The van der Waals surface area contributed by atoms with Crippen LogP contribution in [-0.2, 0) is 16.0 Å². The molecule has 0 saturated heterocycles. The number of anilines is 1. The molecule has 1 aliphatic rings. The number of fused-ring (bicyclic) bond motifs is 1. The van der Waals surface area contributed by atoms with Gasteiger partial charge < -0.3 is 9.84 Å². The molecule has 0 aromatic heterocycles. The maximum atomic E-state index is 12.3. The molecule has 0 spiro atoms. The summed E-state index contributed by atoms with van der Waals surface area (Å²) in [4.78, 5) is 24.9. The molecule has 1 amide bonds. The Kier molecular flexibility index (Phi) is 3.46. The second-order valence-electron chi connectivity index (χ2n) is 5.98. The second-order valence-corrected chi connectivity index (χ2v) is 5.98. The molecule has 2 rings (SSSR count). The van der Waals surface area contributed by atoms with Gasteiger partial charge in [0.05, 0.1) is 5.69 Å². The summed E-state index contributed by atoms with van der Waals surface area (Å²) in [6.45, 7) is 7.19. The lowest BCUT2D eigenvalue weighted by molar-refractivity contribution is -0.138. The molecule has 0 saturated carbocycles. The third kappa shape index (κ3) is 2.61. The lowest BCUT2D eigenvalue weighted by Gasteiger charge is -2.27. The molecule has 5 nitrogen and oxygen atoms in total. The van der Waals surface area contributed by atoms with Gasteiger partial charge in [0.25, 0.3) is 0 Å². The van der Waals surface area contributed by atoms with Gasteiger partial charge in [-0.2, -0.15) is 0 Å². The number of rotatable bonds is 1. The summed E-state index contributed by atoms with van der Waals surface area (Å²) in [5.74, 6) is -1.02. The van der Waals surface area contributed by atoms with Crippen molar-refractivity contribution in [1.82, 2.24) is 0 Å². The molecule has 0 fully saturated rings. The fourth-order valence-electron chi connectivity index (χ4n) is 2.37. The van der Waals surface area contributed by atoms with E-state index in [1.54, 1.807) is 26.8 Å². The number of carbonyl (C=O) groups excluding carboxylic acids is 1. The van der Waals surface area contributed by atoms with E-state index in [1.807, 2.05) is 19.1 Å². The van der Waals surface area contributed by atoms with E-state index in [-0.39, 0.29) is 0 Å². The molecule has 1 aromatic rings. The zero-order valence-corrected chi connectivity index (χ0v) is 12.1. The van der Waals surface area contributed by atoms with Crippen molar-refractivity contribution < 1.29 is 19.4 Å². The standard InChI is InChI=1S/C15H19NO4/c1-9-6-5-7-11-10(9)8-12(13(17)18)16(11)14(19)20-15(2,3)4/h5-7,12H,8H2,1-4H3,(H,17,18)/t12-/m1/s1. The molecule has 1 aliphatic heterocycles. The van der Waals surface area contributed by atoms with Gasteiger partial charge in [0, 0.05) is 6.42 Å². The maximum absolute atomic E-state index is 12.3. The van der Waals surface area contributed by atoms with Gasteiger partial charge in [0.1, 0.15) is 11.6 Å². The van der Waals surface area contributed by atoms with Crippen LogP contribution in [0.4, 0.5) is 10.5 Å². The third-order valence-corrected chi connectivity index (χ3v) is 3.23. The number of hydrogen-bond donors (Lipinski definition) is 1. The molecule has 0 aliphatic carbocycles. The molecule has 1 heterocycles. The SMILES string of the molecule is Cc1cccc2c1C[C@H](C(=O)O)N2C(=O)OC(C)(C)C. The van der Waals surface area contributed by atoms with Gasteiger partial charge in [-0.25, -0.2) is 9.59 Å². The zero-order chi connectivity index (χ0) is 15.1. The molecular formula is C15H19NO4. The Morgan fingerprint density at radius 1 is 1.35 bits per heavy atom. The number of amides is 1. The third-order valence-electron chi connectivity index (χ3n) is 3.23. The highest BCUT2D eigenvalue weighted by Crippen LogP contribution is 2.35. The van der Waals surface area contributed by atoms with Gasteiger partial charge in [-0.05, 0) is 44.9 Å². The smallest absolute Gasteiger partial charge is 0.415 e. The Balaban J connectivity index is 2.41. The van der Waals surface area contributed by atoms with Crippen molar-refractivity contribution in [3.63, 3.8) is 0 Å². The largest absolute Gasteiger partial charge is 0.480 e. The van der Waals surface area contributed by atoms with Crippen molar-refractivity contribution in [3.8, 4) is 0 Å². The molecule has 0 bridgehead atoms. The van der Waals surface area contributed by atoms with Crippen LogP contribution in [0.1, 0.15) is 31.9 Å². The summed E-state index contributed by atoms with van der Waals surface area (Å²) in [6, 6.07) is 4.59. The first-order valence-electron chi connectivity index (χ1n) is 6.54. The van der Waals surface area contributed by atoms with Crippen molar-refractivity contribution in [2.75, 3.05) is 4.90 Å². The summed E-state index contributed by atoms with van der Waals surface area (Å²) in [6.07, 6.45) is -0.300. The van der Waals surface area contributed by atoms with Crippen LogP contribution in [0, 0.1) is 6.92 Å². The Morgan fingerprint density at radius 2 is 2.00 bits per heavy atom. The number of carboxylic acid groups (broad SMARTS) is 1. The van der Waals surface area contributed by atoms with Gasteiger partial charge in [-0.15, -0.1) is 0 Å². The Hall–Kier alpha value is -2.04. The van der Waals surface area contributed by atoms with E-state index in [0.29, 0.717) is 12.1 Å². The number of carboxylic acids is 1.